The Bertz CT molecular complexity index is 143. The highest BCUT2D eigenvalue weighted by Crippen LogP contribution is 2.29. The fourth-order valence-electron chi connectivity index (χ4n) is 2.47. The third-order valence-corrected chi connectivity index (χ3v) is 3.32. The van der Waals surface area contributed by atoms with Gasteiger partial charge >= 0.3 is 0 Å². The molecule has 84 valence electrons. The van der Waals surface area contributed by atoms with E-state index in [1.54, 1.807) is 0 Å². The molecule has 2 N–H and O–H groups in total. The molecule has 0 radical (unpaired) electrons. The van der Waals surface area contributed by atoms with E-state index in [0.717, 1.165) is 11.8 Å². The molecule has 0 aromatic heterocycles. The van der Waals surface area contributed by atoms with E-state index in [0.29, 0.717) is 6.04 Å². The van der Waals surface area contributed by atoms with Gasteiger partial charge in [-0.3, -0.25) is 0 Å². The van der Waals surface area contributed by atoms with Gasteiger partial charge in [0.05, 0.1) is 0 Å². The Kier molecular flexibility index (Phi) is 5.49. The highest BCUT2D eigenvalue weighted by atomic mass is 14.9. The monoisotopic (exact) mass is 198 g/mol. The molecule has 2 unspecified atom stereocenters. The van der Waals surface area contributed by atoms with Gasteiger partial charge in [0.15, 0.2) is 0 Å². The smallest absolute Gasteiger partial charge is 0.00104 e. The van der Waals surface area contributed by atoms with Crippen LogP contribution in [0.3, 0.4) is 0 Å². The molecule has 1 aliphatic rings. The van der Waals surface area contributed by atoms with Crippen LogP contribution in [0.4, 0.5) is 0 Å². The van der Waals surface area contributed by atoms with E-state index in [1.807, 2.05) is 0 Å². The average Bonchev–Trinajstić information content (AvgIpc) is 2.17. The maximum Gasteiger partial charge on any atom is 0.00104 e. The molecule has 0 spiro atoms. The minimum absolute atomic E-state index is 0.632. The van der Waals surface area contributed by atoms with Gasteiger partial charge in [-0.15, -0.1) is 0 Å². The third-order valence-electron chi connectivity index (χ3n) is 3.32. The number of nitrogens with one attached hydrogen (secondary N) is 2. The predicted molar refractivity (Wildman–Crippen MR) is 62.5 cm³/mol. The van der Waals surface area contributed by atoms with Crippen molar-refractivity contribution < 1.29 is 0 Å². The molecule has 2 nitrogen and oxygen atoms in total. The zero-order valence-corrected chi connectivity index (χ0v) is 9.97. The topological polar surface area (TPSA) is 24.1 Å². The average molecular weight is 198 g/mol. The maximum atomic E-state index is 3.58. The van der Waals surface area contributed by atoms with E-state index < -0.39 is 0 Å². The highest BCUT2D eigenvalue weighted by molar-refractivity contribution is 4.78. The lowest BCUT2D eigenvalue weighted by atomic mass is 9.79. The second kappa shape index (κ2) is 6.41. The third kappa shape index (κ3) is 3.97. The van der Waals surface area contributed by atoms with Crippen LogP contribution < -0.4 is 10.6 Å². The first-order valence-corrected chi connectivity index (χ1v) is 6.12. The summed E-state index contributed by atoms with van der Waals surface area (Å²) in [7, 11) is 2.07. The summed E-state index contributed by atoms with van der Waals surface area (Å²) in [6.45, 7) is 6.88. The van der Waals surface area contributed by atoms with E-state index in [-0.39, 0.29) is 0 Å². The molecule has 0 bridgehead atoms. The van der Waals surface area contributed by atoms with Crippen LogP contribution in [0.15, 0.2) is 0 Å². The number of hydrogen-bond acceptors (Lipinski definition) is 2. The first kappa shape index (κ1) is 12.0. The molecule has 0 heterocycles. The van der Waals surface area contributed by atoms with Gasteiger partial charge in [-0.1, -0.05) is 26.7 Å². The van der Waals surface area contributed by atoms with E-state index in [9.17, 15) is 0 Å². The van der Waals surface area contributed by atoms with Gasteiger partial charge in [0.2, 0.25) is 0 Å². The van der Waals surface area contributed by atoms with Gasteiger partial charge in [0.25, 0.3) is 0 Å². The molecule has 2 heteroatoms. The SMILES string of the molecule is CNCC1CCCCC1CNC(C)C. The van der Waals surface area contributed by atoms with Gasteiger partial charge in [-0.25, -0.2) is 0 Å². The van der Waals surface area contributed by atoms with Crippen LogP contribution in [0.5, 0.6) is 0 Å². The minimum Gasteiger partial charge on any atom is -0.319 e. The molecule has 0 aromatic carbocycles. The van der Waals surface area contributed by atoms with Gasteiger partial charge in [0, 0.05) is 6.04 Å². The van der Waals surface area contributed by atoms with Crippen LogP contribution in [0.1, 0.15) is 39.5 Å². The molecule has 14 heavy (non-hydrogen) atoms. The van der Waals surface area contributed by atoms with Crippen molar-refractivity contribution in [2.75, 3.05) is 20.1 Å². The van der Waals surface area contributed by atoms with Crippen molar-refractivity contribution in [3.63, 3.8) is 0 Å². The summed E-state index contributed by atoms with van der Waals surface area (Å²) >= 11 is 0. The molecule has 0 saturated heterocycles. The molecule has 1 saturated carbocycles. The Morgan fingerprint density at radius 3 is 2.14 bits per heavy atom. The summed E-state index contributed by atoms with van der Waals surface area (Å²) in [5.74, 6) is 1.80. The highest BCUT2D eigenvalue weighted by Gasteiger charge is 2.23. The Hall–Kier alpha value is -0.0800. The van der Waals surface area contributed by atoms with Crippen LogP contribution in [0, 0.1) is 11.8 Å². The van der Waals surface area contributed by atoms with Gasteiger partial charge in [0.1, 0.15) is 0 Å². The lowest BCUT2D eigenvalue weighted by Gasteiger charge is -2.32. The van der Waals surface area contributed by atoms with E-state index in [2.05, 4.69) is 31.5 Å². The quantitative estimate of drug-likeness (QED) is 0.706. The molecular formula is C12H26N2. The normalized spacial score (nSPS) is 28.3. The Labute approximate surface area is 88.8 Å². The first-order valence-electron chi connectivity index (χ1n) is 6.12. The summed E-state index contributed by atoms with van der Waals surface area (Å²) in [5.41, 5.74) is 0. The molecule has 1 rings (SSSR count). The predicted octanol–water partition coefficient (Wildman–Crippen LogP) is 2.01. The number of rotatable bonds is 5. The van der Waals surface area contributed by atoms with E-state index in [1.165, 1.54) is 38.8 Å². The zero-order chi connectivity index (χ0) is 10.4. The summed E-state index contributed by atoms with van der Waals surface area (Å²) < 4.78 is 0. The Morgan fingerprint density at radius 1 is 1.07 bits per heavy atom. The lowest BCUT2D eigenvalue weighted by molar-refractivity contribution is 0.223. The maximum absolute atomic E-state index is 3.58. The van der Waals surface area contributed by atoms with Crippen LogP contribution in [-0.2, 0) is 0 Å². The zero-order valence-electron chi connectivity index (χ0n) is 9.97. The van der Waals surface area contributed by atoms with Crippen LogP contribution in [0.25, 0.3) is 0 Å². The summed E-state index contributed by atoms with van der Waals surface area (Å²) in [4.78, 5) is 0. The largest absolute Gasteiger partial charge is 0.319 e. The minimum atomic E-state index is 0.632. The van der Waals surface area contributed by atoms with Crippen molar-refractivity contribution in [2.24, 2.45) is 11.8 Å². The molecule has 0 aliphatic heterocycles. The Morgan fingerprint density at radius 2 is 1.64 bits per heavy atom. The fourth-order valence-corrected chi connectivity index (χ4v) is 2.47. The fraction of sp³-hybridized carbons (Fsp3) is 1.00. The lowest BCUT2D eigenvalue weighted by Crippen LogP contribution is -2.37. The molecular weight excluding hydrogens is 172 g/mol. The molecule has 0 aromatic rings. The summed E-state index contributed by atoms with van der Waals surface area (Å²) in [6, 6.07) is 0.632. The standard InChI is InChI=1S/C12H26N2/c1-10(2)14-9-12-7-5-4-6-11(12)8-13-3/h10-14H,4-9H2,1-3H3. The van der Waals surface area contributed by atoms with Gasteiger partial charge in [-0.05, 0) is 44.8 Å². The van der Waals surface area contributed by atoms with Crippen molar-refractivity contribution in [3.05, 3.63) is 0 Å². The van der Waals surface area contributed by atoms with Crippen molar-refractivity contribution in [2.45, 2.75) is 45.6 Å². The molecule has 2 atom stereocenters. The van der Waals surface area contributed by atoms with Crippen LogP contribution in [0.2, 0.25) is 0 Å². The van der Waals surface area contributed by atoms with E-state index in [4.69, 9.17) is 0 Å². The van der Waals surface area contributed by atoms with Gasteiger partial charge < -0.3 is 10.6 Å². The van der Waals surface area contributed by atoms with Gasteiger partial charge in [-0.2, -0.15) is 0 Å². The molecule has 0 amide bonds. The van der Waals surface area contributed by atoms with Crippen molar-refractivity contribution in [3.8, 4) is 0 Å². The van der Waals surface area contributed by atoms with Crippen molar-refractivity contribution >= 4 is 0 Å². The molecule has 1 aliphatic carbocycles. The van der Waals surface area contributed by atoms with E-state index >= 15 is 0 Å². The van der Waals surface area contributed by atoms with Crippen LogP contribution >= 0.6 is 0 Å². The van der Waals surface area contributed by atoms with Crippen molar-refractivity contribution in [1.29, 1.82) is 0 Å². The second-order valence-electron chi connectivity index (χ2n) is 4.93. The second-order valence-corrected chi connectivity index (χ2v) is 4.93. The summed E-state index contributed by atoms with van der Waals surface area (Å²) in [5, 5.41) is 6.90. The Balaban J connectivity index is 2.30. The first-order chi connectivity index (χ1) is 6.74. The number of hydrogen-bond donors (Lipinski definition) is 2. The van der Waals surface area contributed by atoms with Crippen LogP contribution in [-0.4, -0.2) is 26.2 Å². The van der Waals surface area contributed by atoms with Crippen molar-refractivity contribution in [1.82, 2.24) is 10.6 Å². The summed E-state index contributed by atoms with van der Waals surface area (Å²) in [6.07, 6.45) is 5.71. The molecule has 1 fully saturated rings.